The number of para-hydroxylation sites is 1. The van der Waals surface area contributed by atoms with Crippen molar-refractivity contribution in [3.8, 4) is 0 Å². The molecule has 1 aromatic rings. The Hall–Kier alpha value is -0.830. The zero-order valence-electron chi connectivity index (χ0n) is 9.45. The first-order chi connectivity index (χ1) is 7.70. The Morgan fingerprint density at radius 3 is 2.56 bits per heavy atom. The average molecular weight is 282 g/mol. The van der Waals surface area contributed by atoms with Crippen molar-refractivity contribution < 1.29 is 4.79 Å². The second-order valence-corrected chi connectivity index (χ2v) is 5.18. The second kappa shape index (κ2) is 5.00. The minimum absolute atomic E-state index is 0.233. The lowest BCUT2D eigenvalue weighted by atomic mass is 10.1. The molecule has 2 nitrogen and oxygen atoms in total. The molecule has 0 unspecified atom stereocenters. The van der Waals surface area contributed by atoms with Gasteiger partial charge in [-0.05, 0) is 40.9 Å². The summed E-state index contributed by atoms with van der Waals surface area (Å²) < 4.78 is 0.976. The third-order valence-corrected chi connectivity index (χ3v) is 3.92. The van der Waals surface area contributed by atoms with Crippen molar-refractivity contribution in [2.75, 3.05) is 11.9 Å². The largest absolute Gasteiger partial charge is 0.314 e. The van der Waals surface area contributed by atoms with Crippen molar-refractivity contribution >= 4 is 27.5 Å². The molecule has 0 radical (unpaired) electrons. The number of rotatable bonds is 2. The summed E-state index contributed by atoms with van der Waals surface area (Å²) in [6, 6.07) is 7.85. The minimum Gasteiger partial charge on any atom is -0.314 e. The SMILES string of the molecule is CN(C(=O)C1CCCC1)c1ccccc1Br. The van der Waals surface area contributed by atoms with Gasteiger partial charge in [-0.2, -0.15) is 0 Å². The van der Waals surface area contributed by atoms with Crippen LogP contribution in [-0.4, -0.2) is 13.0 Å². The third kappa shape index (κ3) is 2.29. The molecule has 1 aliphatic carbocycles. The number of hydrogen-bond acceptors (Lipinski definition) is 1. The molecule has 1 aromatic carbocycles. The van der Waals surface area contributed by atoms with Gasteiger partial charge in [-0.15, -0.1) is 0 Å². The lowest BCUT2D eigenvalue weighted by Gasteiger charge is -2.22. The van der Waals surface area contributed by atoms with Crippen LogP contribution >= 0.6 is 15.9 Å². The highest BCUT2D eigenvalue weighted by Gasteiger charge is 2.26. The highest BCUT2D eigenvalue weighted by Crippen LogP contribution is 2.30. The van der Waals surface area contributed by atoms with Crippen LogP contribution in [0.3, 0.4) is 0 Å². The number of halogens is 1. The summed E-state index contributed by atoms with van der Waals surface area (Å²) in [7, 11) is 1.86. The van der Waals surface area contributed by atoms with E-state index in [1.54, 1.807) is 4.90 Å². The van der Waals surface area contributed by atoms with Gasteiger partial charge in [0.05, 0.1) is 5.69 Å². The Morgan fingerprint density at radius 1 is 1.31 bits per heavy atom. The van der Waals surface area contributed by atoms with Crippen molar-refractivity contribution in [3.63, 3.8) is 0 Å². The van der Waals surface area contributed by atoms with E-state index >= 15 is 0 Å². The average Bonchev–Trinajstić information content (AvgIpc) is 2.81. The molecule has 2 rings (SSSR count). The normalized spacial score (nSPS) is 16.4. The van der Waals surface area contributed by atoms with Crippen LogP contribution in [0.4, 0.5) is 5.69 Å². The van der Waals surface area contributed by atoms with E-state index in [0.717, 1.165) is 23.0 Å². The third-order valence-electron chi connectivity index (χ3n) is 3.25. The molecule has 1 fully saturated rings. The fourth-order valence-electron chi connectivity index (χ4n) is 2.29. The number of hydrogen-bond donors (Lipinski definition) is 0. The molecule has 0 N–H and O–H groups in total. The van der Waals surface area contributed by atoms with Gasteiger partial charge in [-0.1, -0.05) is 25.0 Å². The van der Waals surface area contributed by atoms with Crippen molar-refractivity contribution in [3.05, 3.63) is 28.7 Å². The summed E-state index contributed by atoms with van der Waals surface area (Å²) in [4.78, 5) is 14.0. The van der Waals surface area contributed by atoms with Crippen LogP contribution in [0.5, 0.6) is 0 Å². The number of benzene rings is 1. The van der Waals surface area contributed by atoms with Gasteiger partial charge in [0.2, 0.25) is 5.91 Å². The Balaban J connectivity index is 2.15. The molecule has 0 heterocycles. The summed E-state index contributed by atoms with van der Waals surface area (Å²) in [6.07, 6.45) is 4.49. The van der Waals surface area contributed by atoms with Crippen molar-refractivity contribution in [1.82, 2.24) is 0 Å². The van der Waals surface area contributed by atoms with Gasteiger partial charge < -0.3 is 4.90 Å². The Morgan fingerprint density at radius 2 is 1.94 bits per heavy atom. The molecular weight excluding hydrogens is 266 g/mol. The summed E-state index contributed by atoms with van der Waals surface area (Å²) in [6.45, 7) is 0. The molecule has 0 atom stereocenters. The first kappa shape index (κ1) is 11.6. The van der Waals surface area contributed by atoms with Gasteiger partial charge >= 0.3 is 0 Å². The predicted molar refractivity (Wildman–Crippen MR) is 69.5 cm³/mol. The maximum Gasteiger partial charge on any atom is 0.229 e. The van der Waals surface area contributed by atoms with Crippen LogP contribution in [0, 0.1) is 5.92 Å². The topological polar surface area (TPSA) is 20.3 Å². The fourth-order valence-corrected chi connectivity index (χ4v) is 2.84. The van der Waals surface area contributed by atoms with E-state index in [-0.39, 0.29) is 11.8 Å². The van der Waals surface area contributed by atoms with Gasteiger partial charge in [0, 0.05) is 17.4 Å². The Kier molecular flexibility index (Phi) is 3.64. The first-order valence-electron chi connectivity index (χ1n) is 5.72. The quantitative estimate of drug-likeness (QED) is 0.811. The number of carbonyl (C=O) groups excluding carboxylic acids is 1. The van der Waals surface area contributed by atoms with Crippen LogP contribution in [0.2, 0.25) is 0 Å². The van der Waals surface area contributed by atoms with Gasteiger partial charge in [0.1, 0.15) is 0 Å². The zero-order valence-corrected chi connectivity index (χ0v) is 11.0. The summed E-state index contributed by atoms with van der Waals surface area (Å²) in [5.74, 6) is 0.488. The van der Waals surface area contributed by atoms with Crippen LogP contribution < -0.4 is 4.90 Å². The highest BCUT2D eigenvalue weighted by atomic mass is 79.9. The van der Waals surface area contributed by atoms with Gasteiger partial charge in [-0.25, -0.2) is 0 Å². The molecule has 1 saturated carbocycles. The molecule has 1 amide bonds. The minimum atomic E-state index is 0.233. The van der Waals surface area contributed by atoms with Crippen LogP contribution in [0.15, 0.2) is 28.7 Å². The summed E-state index contributed by atoms with van der Waals surface area (Å²) in [5, 5.41) is 0. The van der Waals surface area contributed by atoms with Crippen molar-refractivity contribution in [2.45, 2.75) is 25.7 Å². The second-order valence-electron chi connectivity index (χ2n) is 4.33. The van der Waals surface area contributed by atoms with Crippen LogP contribution in [0.25, 0.3) is 0 Å². The van der Waals surface area contributed by atoms with Gasteiger partial charge in [0.15, 0.2) is 0 Å². The van der Waals surface area contributed by atoms with E-state index in [1.807, 2.05) is 31.3 Å². The summed E-state index contributed by atoms with van der Waals surface area (Å²) in [5.41, 5.74) is 0.958. The lowest BCUT2D eigenvalue weighted by Crippen LogP contribution is -2.31. The smallest absolute Gasteiger partial charge is 0.229 e. The molecule has 86 valence electrons. The van der Waals surface area contributed by atoms with Gasteiger partial charge in [0.25, 0.3) is 0 Å². The Bertz CT molecular complexity index is 385. The monoisotopic (exact) mass is 281 g/mol. The van der Waals surface area contributed by atoms with Crippen LogP contribution in [0.1, 0.15) is 25.7 Å². The predicted octanol–water partition coefficient (Wildman–Crippen LogP) is 3.60. The maximum absolute atomic E-state index is 12.2. The van der Waals surface area contributed by atoms with Crippen molar-refractivity contribution in [1.29, 1.82) is 0 Å². The first-order valence-corrected chi connectivity index (χ1v) is 6.51. The maximum atomic E-state index is 12.2. The van der Waals surface area contributed by atoms with E-state index in [0.29, 0.717) is 0 Å². The highest BCUT2D eigenvalue weighted by molar-refractivity contribution is 9.10. The molecule has 0 spiro atoms. The molecule has 0 saturated heterocycles. The number of amides is 1. The van der Waals surface area contributed by atoms with Gasteiger partial charge in [-0.3, -0.25) is 4.79 Å². The molecule has 1 aliphatic rings. The standard InChI is InChI=1S/C13H16BrNO/c1-15(12-9-5-4-8-11(12)14)13(16)10-6-2-3-7-10/h4-5,8-10H,2-3,6-7H2,1H3. The molecular formula is C13H16BrNO. The van der Waals surface area contributed by atoms with E-state index in [2.05, 4.69) is 15.9 Å². The summed E-state index contributed by atoms with van der Waals surface area (Å²) >= 11 is 3.48. The lowest BCUT2D eigenvalue weighted by molar-refractivity contribution is -0.121. The molecule has 3 heteroatoms. The van der Waals surface area contributed by atoms with E-state index in [9.17, 15) is 4.79 Å². The molecule has 0 aromatic heterocycles. The van der Waals surface area contributed by atoms with Crippen LogP contribution in [-0.2, 0) is 4.79 Å². The molecule has 0 aliphatic heterocycles. The molecule has 16 heavy (non-hydrogen) atoms. The number of anilines is 1. The zero-order chi connectivity index (χ0) is 11.5. The van der Waals surface area contributed by atoms with E-state index in [4.69, 9.17) is 0 Å². The number of carbonyl (C=O) groups is 1. The Labute approximate surface area is 105 Å². The van der Waals surface area contributed by atoms with E-state index < -0.39 is 0 Å². The number of nitrogens with zero attached hydrogens (tertiary/aromatic N) is 1. The fraction of sp³-hybridized carbons (Fsp3) is 0.462. The molecule has 0 bridgehead atoms. The van der Waals surface area contributed by atoms with Crippen molar-refractivity contribution in [2.24, 2.45) is 5.92 Å². The van der Waals surface area contributed by atoms with E-state index in [1.165, 1.54) is 12.8 Å².